The minimum Gasteiger partial charge on any atom is -0.440 e. The first kappa shape index (κ1) is 21.6. The Morgan fingerprint density at radius 2 is 1.93 bits per heavy atom. The Morgan fingerprint density at radius 3 is 2.52 bits per heavy atom. The second-order valence-electron chi connectivity index (χ2n) is 6.55. The van der Waals surface area contributed by atoms with Gasteiger partial charge >= 0.3 is 6.09 Å². The number of anilines is 1. The Labute approximate surface area is 181 Å². The third kappa shape index (κ3) is 4.56. The number of hydrogen-bond acceptors (Lipinski definition) is 7. The first-order chi connectivity index (χ1) is 13.8. The summed E-state index contributed by atoms with van der Waals surface area (Å²) in [6.07, 6.45) is 1.20. The van der Waals surface area contributed by atoms with Crippen LogP contribution in [-0.4, -0.2) is 52.2 Å². The van der Waals surface area contributed by atoms with Crippen LogP contribution in [-0.2, 0) is 4.74 Å². The lowest BCUT2D eigenvalue weighted by Gasteiger charge is -2.39. The molecule has 1 saturated heterocycles. The Hall–Kier alpha value is -2.13. The number of carbonyl (C=O) groups is 2. The number of rotatable bonds is 5. The molecule has 29 heavy (non-hydrogen) atoms. The molecule has 3 N–H and O–H groups in total. The van der Waals surface area contributed by atoms with Gasteiger partial charge in [0, 0.05) is 31.5 Å². The molecule has 0 bridgehead atoms. The molecule has 0 atom stereocenters. The topological polar surface area (TPSA) is 119 Å². The van der Waals surface area contributed by atoms with Gasteiger partial charge in [0.1, 0.15) is 17.1 Å². The number of aliphatic hydroxyl groups is 1. The van der Waals surface area contributed by atoms with Crippen molar-refractivity contribution in [1.82, 2.24) is 9.97 Å². The number of carbonyl (C=O) groups excluding carboxylic acids is 2. The van der Waals surface area contributed by atoms with E-state index in [4.69, 9.17) is 45.3 Å². The van der Waals surface area contributed by atoms with Crippen LogP contribution < -0.4 is 10.6 Å². The minimum absolute atomic E-state index is 0.0432. The lowest BCUT2D eigenvalue weighted by molar-refractivity contribution is -0.0422. The van der Waals surface area contributed by atoms with Crippen molar-refractivity contribution in [3.8, 4) is 0 Å². The van der Waals surface area contributed by atoms with Gasteiger partial charge in [-0.2, -0.15) is 0 Å². The maximum Gasteiger partial charge on any atom is 0.405 e. The summed E-state index contributed by atoms with van der Waals surface area (Å²) < 4.78 is 5.09. The molecule has 0 unspecified atom stereocenters. The number of ether oxygens (including phenoxy) is 1. The van der Waals surface area contributed by atoms with E-state index in [9.17, 15) is 14.7 Å². The summed E-state index contributed by atoms with van der Waals surface area (Å²) in [5.74, 6) is -0.0382. The Morgan fingerprint density at radius 1 is 1.24 bits per heavy atom. The van der Waals surface area contributed by atoms with Crippen molar-refractivity contribution in [2.45, 2.75) is 18.4 Å². The van der Waals surface area contributed by atoms with E-state index >= 15 is 0 Å². The zero-order chi connectivity index (χ0) is 21.2. The lowest BCUT2D eigenvalue weighted by Crippen LogP contribution is -2.50. The standard InChI is InChI=1S/C18H17Cl3N4O4/c19-11-3-1-2-10(13(11)20)15(27)14-16(21)24-12(8-23-14)25-6-4-18(9-26,5-7-25)29-17(22)28/h1-3,8,26H,4-7,9H2,(H2,22,28). The largest absolute Gasteiger partial charge is 0.440 e. The normalized spacial score (nSPS) is 15.8. The molecule has 1 aromatic heterocycles. The Kier molecular flexibility index (Phi) is 6.48. The maximum absolute atomic E-state index is 12.7. The van der Waals surface area contributed by atoms with Crippen molar-refractivity contribution >= 4 is 52.5 Å². The molecule has 8 nitrogen and oxygen atoms in total. The SMILES string of the molecule is NC(=O)OC1(CO)CCN(c2cnc(C(=O)c3cccc(Cl)c3Cl)c(Cl)n2)CC1. The Balaban J connectivity index is 1.78. The number of benzene rings is 1. The van der Waals surface area contributed by atoms with Crippen LogP contribution in [0.2, 0.25) is 15.2 Å². The quantitative estimate of drug-likeness (QED) is 0.659. The number of amides is 1. The van der Waals surface area contributed by atoms with Crippen LogP contribution in [0.5, 0.6) is 0 Å². The van der Waals surface area contributed by atoms with Gasteiger partial charge in [0.05, 0.1) is 22.8 Å². The summed E-state index contributed by atoms with van der Waals surface area (Å²) in [6.45, 7) is 0.516. The first-order valence-corrected chi connectivity index (χ1v) is 9.75. The van der Waals surface area contributed by atoms with Crippen molar-refractivity contribution in [1.29, 1.82) is 0 Å². The van der Waals surface area contributed by atoms with Gasteiger partial charge in [0.15, 0.2) is 5.15 Å². The smallest absolute Gasteiger partial charge is 0.405 e. The number of aromatic nitrogens is 2. The molecule has 0 saturated carbocycles. The molecule has 0 spiro atoms. The lowest BCUT2D eigenvalue weighted by atomic mass is 9.92. The molecule has 154 valence electrons. The van der Waals surface area contributed by atoms with E-state index in [1.165, 1.54) is 12.3 Å². The van der Waals surface area contributed by atoms with Crippen LogP contribution in [0.1, 0.15) is 28.9 Å². The molecular formula is C18H17Cl3N4O4. The van der Waals surface area contributed by atoms with Gasteiger partial charge in [-0.15, -0.1) is 0 Å². The van der Waals surface area contributed by atoms with Crippen LogP contribution in [0.15, 0.2) is 24.4 Å². The summed E-state index contributed by atoms with van der Waals surface area (Å²) in [4.78, 5) is 34.1. The maximum atomic E-state index is 12.7. The molecule has 11 heteroatoms. The highest BCUT2D eigenvalue weighted by atomic mass is 35.5. The molecule has 1 fully saturated rings. The summed E-state index contributed by atoms with van der Waals surface area (Å²) >= 11 is 18.3. The van der Waals surface area contributed by atoms with Crippen LogP contribution in [0.4, 0.5) is 10.6 Å². The van der Waals surface area contributed by atoms with E-state index in [0.717, 1.165) is 0 Å². The number of hydrogen-bond donors (Lipinski definition) is 2. The van der Waals surface area contributed by atoms with Crippen molar-refractivity contribution in [3.05, 3.63) is 50.9 Å². The number of ketones is 1. The second kappa shape index (κ2) is 8.71. The van der Waals surface area contributed by atoms with E-state index < -0.39 is 17.5 Å². The third-order valence-electron chi connectivity index (χ3n) is 4.73. The predicted molar refractivity (Wildman–Crippen MR) is 109 cm³/mol. The highest BCUT2D eigenvalue weighted by molar-refractivity contribution is 6.44. The predicted octanol–water partition coefficient (Wildman–Crippen LogP) is 3.09. The summed E-state index contributed by atoms with van der Waals surface area (Å²) in [6, 6.07) is 4.70. The molecule has 3 rings (SSSR count). The van der Waals surface area contributed by atoms with Crippen LogP contribution in [0.3, 0.4) is 0 Å². The van der Waals surface area contributed by atoms with Crippen molar-refractivity contribution in [3.63, 3.8) is 0 Å². The minimum atomic E-state index is -1.02. The number of piperidine rings is 1. The summed E-state index contributed by atoms with van der Waals surface area (Å²) in [5, 5.41) is 9.87. The number of nitrogens with two attached hydrogens (primary N) is 1. The summed E-state index contributed by atoms with van der Waals surface area (Å²) in [7, 11) is 0. The molecule has 1 aliphatic heterocycles. The van der Waals surface area contributed by atoms with Crippen molar-refractivity contribution in [2.75, 3.05) is 24.6 Å². The summed E-state index contributed by atoms with van der Waals surface area (Å²) in [5.41, 5.74) is 4.21. The number of aliphatic hydroxyl groups excluding tert-OH is 1. The van der Waals surface area contributed by atoms with Gasteiger partial charge in [0.2, 0.25) is 5.78 Å². The van der Waals surface area contributed by atoms with Crippen LogP contribution in [0, 0.1) is 0 Å². The number of primary amides is 1. The van der Waals surface area contributed by atoms with Crippen LogP contribution >= 0.6 is 34.8 Å². The fraction of sp³-hybridized carbons (Fsp3) is 0.333. The highest BCUT2D eigenvalue weighted by Crippen LogP contribution is 2.31. The number of halogens is 3. The molecule has 2 aromatic rings. The molecule has 2 heterocycles. The van der Waals surface area contributed by atoms with E-state index in [1.807, 2.05) is 4.90 Å². The van der Waals surface area contributed by atoms with Crippen LogP contribution in [0.25, 0.3) is 0 Å². The van der Waals surface area contributed by atoms with E-state index in [-0.39, 0.29) is 33.1 Å². The monoisotopic (exact) mass is 458 g/mol. The average Bonchev–Trinajstić information content (AvgIpc) is 2.69. The highest BCUT2D eigenvalue weighted by Gasteiger charge is 2.38. The average molecular weight is 460 g/mol. The Bertz CT molecular complexity index is 949. The molecule has 1 amide bonds. The van der Waals surface area contributed by atoms with Gasteiger partial charge in [-0.1, -0.05) is 40.9 Å². The van der Waals surface area contributed by atoms with Gasteiger partial charge in [0.25, 0.3) is 0 Å². The fourth-order valence-corrected chi connectivity index (χ4v) is 3.73. The van der Waals surface area contributed by atoms with Gasteiger partial charge < -0.3 is 20.5 Å². The van der Waals surface area contributed by atoms with Gasteiger partial charge in [-0.25, -0.2) is 14.8 Å². The fourth-order valence-electron chi connectivity index (χ4n) is 3.12. The van der Waals surface area contributed by atoms with E-state index in [0.29, 0.717) is 31.7 Å². The third-order valence-corrected chi connectivity index (χ3v) is 5.81. The first-order valence-electron chi connectivity index (χ1n) is 8.62. The molecule has 0 radical (unpaired) electrons. The zero-order valence-corrected chi connectivity index (χ0v) is 17.3. The molecule has 0 aliphatic carbocycles. The molecule has 1 aliphatic rings. The van der Waals surface area contributed by atoms with Crippen molar-refractivity contribution < 1.29 is 19.4 Å². The van der Waals surface area contributed by atoms with Gasteiger partial charge in [-0.3, -0.25) is 4.79 Å². The van der Waals surface area contributed by atoms with E-state index in [1.54, 1.807) is 12.1 Å². The molecular weight excluding hydrogens is 443 g/mol. The molecule has 1 aromatic carbocycles. The second-order valence-corrected chi connectivity index (χ2v) is 7.69. The zero-order valence-electron chi connectivity index (χ0n) is 15.1. The number of nitrogens with zero attached hydrogens (tertiary/aromatic N) is 3. The van der Waals surface area contributed by atoms with Crippen molar-refractivity contribution in [2.24, 2.45) is 5.73 Å². The van der Waals surface area contributed by atoms with E-state index in [2.05, 4.69) is 9.97 Å². The van der Waals surface area contributed by atoms with Gasteiger partial charge in [-0.05, 0) is 12.1 Å².